The van der Waals surface area contributed by atoms with Crippen LogP contribution in [0, 0.1) is 0 Å². The quantitative estimate of drug-likeness (QED) is 0.238. The molecule has 0 atom stereocenters. The average Bonchev–Trinajstić information content (AvgIpc) is 2.75. The van der Waals surface area contributed by atoms with E-state index in [2.05, 4.69) is 5.16 Å². The minimum Gasteiger partial charge on any atom is -0.487 e. The Kier molecular flexibility index (Phi) is 4.89. The van der Waals surface area contributed by atoms with E-state index in [9.17, 15) is 10.0 Å². The molecule has 0 bridgehead atoms. The van der Waals surface area contributed by atoms with E-state index in [1.54, 1.807) is 24.3 Å². The topological polar surface area (TPSA) is 72.0 Å². The minimum atomic E-state index is -0.416. The molecule has 0 aliphatic carbocycles. The molecule has 4 rings (SSSR count). The Morgan fingerprint density at radius 1 is 0.893 bits per heavy atom. The van der Waals surface area contributed by atoms with Gasteiger partial charge in [-0.3, -0.25) is 0 Å². The fourth-order valence-electron chi connectivity index (χ4n) is 2.94. The molecule has 4 aromatic rings. The monoisotopic (exact) mass is 371 g/mol. The number of hydrogen-bond acceptors (Lipinski definition) is 5. The third-order valence-corrected chi connectivity index (χ3v) is 4.42. The van der Waals surface area contributed by atoms with Gasteiger partial charge in [-0.05, 0) is 29.3 Å². The summed E-state index contributed by atoms with van der Waals surface area (Å²) >= 11 is 0. The summed E-state index contributed by atoms with van der Waals surface area (Å²) in [6.07, 6.45) is 0. The summed E-state index contributed by atoms with van der Waals surface area (Å²) in [7, 11) is 0. The molecule has 3 aromatic carbocycles. The van der Waals surface area contributed by atoms with Gasteiger partial charge in [-0.2, -0.15) is 0 Å². The highest BCUT2D eigenvalue weighted by Gasteiger charge is 2.08. The van der Waals surface area contributed by atoms with Crippen LogP contribution >= 0.6 is 0 Å². The van der Waals surface area contributed by atoms with Gasteiger partial charge in [0.05, 0.1) is 0 Å². The van der Waals surface area contributed by atoms with Crippen LogP contribution in [0.5, 0.6) is 5.75 Å². The van der Waals surface area contributed by atoms with Crippen LogP contribution in [0.15, 0.2) is 99.3 Å². The van der Waals surface area contributed by atoms with Gasteiger partial charge in [-0.1, -0.05) is 59.8 Å². The normalized spacial score (nSPS) is 11.5. The van der Waals surface area contributed by atoms with Crippen LogP contribution < -0.4 is 10.4 Å². The molecule has 1 aromatic heterocycles. The molecule has 1 N–H and O–H groups in total. The van der Waals surface area contributed by atoms with Gasteiger partial charge < -0.3 is 14.4 Å². The summed E-state index contributed by atoms with van der Waals surface area (Å²) in [6.45, 7) is 0.0732. The first-order chi connectivity index (χ1) is 13.7. The van der Waals surface area contributed by atoms with Crippen molar-refractivity contribution < 1.29 is 14.4 Å². The number of hydrogen-bond donors (Lipinski definition) is 1. The van der Waals surface area contributed by atoms with Crippen LogP contribution in [-0.4, -0.2) is 17.5 Å². The fourth-order valence-corrected chi connectivity index (χ4v) is 2.94. The number of rotatable bonds is 5. The molecule has 0 spiro atoms. The standard InChI is InChI=1S/C23H17NO4/c25-23-13-11-19-10-12-20(14-22(19)28-23)27-15-21(24-26)18-8-6-17(7-9-18)16-4-2-1-3-5-16/h1-14,26H,15H2/b24-21+. The molecule has 0 aliphatic rings. The lowest BCUT2D eigenvalue weighted by Gasteiger charge is -2.09. The molecule has 138 valence electrons. The molecule has 0 amide bonds. The lowest BCUT2D eigenvalue weighted by molar-refractivity contribution is 0.308. The molecule has 1 heterocycles. The second-order valence-electron chi connectivity index (χ2n) is 6.23. The van der Waals surface area contributed by atoms with Gasteiger partial charge in [-0.25, -0.2) is 4.79 Å². The third-order valence-electron chi connectivity index (χ3n) is 4.42. The van der Waals surface area contributed by atoms with E-state index in [-0.39, 0.29) is 6.61 Å². The molecule has 0 radical (unpaired) electrons. The van der Waals surface area contributed by atoms with Crippen LogP contribution in [-0.2, 0) is 0 Å². The molecule has 5 nitrogen and oxygen atoms in total. The Hall–Kier alpha value is -3.86. The Bertz CT molecular complexity index is 1180. The average molecular weight is 371 g/mol. The summed E-state index contributed by atoms with van der Waals surface area (Å²) in [6, 6.07) is 26.0. The number of ether oxygens (including phenoxy) is 1. The van der Waals surface area contributed by atoms with Crippen LogP contribution in [0.4, 0.5) is 0 Å². The van der Waals surface area contributed by atoms with Gasteiger partial charge in [0.2, 0.25) is 0 Å². The van der Waals surface area contributed by atoms with Crippen LogP contribution in [0.3, 0.4) is 0 Å². The highest BCUT2D eigenvalue weighted by molar-refractivity contribution is 6.01. The van der Waals surface area contributed by atoms with Crippen molar-refractivity contribution in [2.45, 2.75) is 0 Å². The first-order valence-electron chi connectivity index (χ1n) is 8.76. The zero-order valence-corrected chi connectivity index (χ0v) is 14.9. The number of fused-ring (bicyclic) bond motifs is 1. The van der Waals surface area contributed by atoms with Crippen molar-refractivity contribution in [2.75, 3.05) is 6.61 Å². The van der Waals surface area contributed by atoms with Gasteiger partial charge in [-0.15, -0.1) is 0 Å². The van der Waals surface area contributed by atoms with Crippen molar-refractivity contribution in [1.29, 1.82) is 0 Å². The molecule has 0 saturated carbocycles. The van der Waals surface area contributed by atoms with Crippen molar-refractivity contribution in [3.8, 4) is 16.9 Å². The van der Waals surface area contributed by atoms with Crippen LogP contribution in [0.1, 0.15) is 5.56 Å². The van der Waals surface area contributed by atoms with Gasteiger partial charge >= 0.3 is 5.63 Å². The maximum absolute atomic E-state index is 11.4. The van der Waals surface area contributed by atoms with Gasteiger partial charge in [0.25, 0.3) is 0 Å². The van der Waals surface area contributed by atoms with E-state index in [4.69, 9.17) is 9.15 Å². The van der Waals surface area contributed by atoms with Crippen molar-refractivity contribution in [1.82, 2.24) is 0 Å². The maximum Gasteiger partial charge on any atom is 0.336 e. The van der Waals surface area contributed by atoms with Crippen molar-refractivity contribution in [3.05, 3.63) is 101 Å². The van der Waals surface area contributed by atoms with E-state index in [1.165, 1.54) is 6.07 Å². The van der Waals surface area contributed by atoms with Crippen molar-refractivity contribution in [3.63, 3.8) is 0 Å². The predicted octanol–water partition coefficient (Wildman–Crippen LogP) is 4.72. The summed E-state index contributed by atoms with van der Waals surface area (Å²) in [4.78, 5) is 11.4. The lowest BCUT2D eigenvalue weighted by Crippen LogP contribution is -2.13. The number of oxime groups is 1. The first kappa shape index (κ1) is 17.5. The van der Waals surface area contributed by atoms with E-state index in [1.807, 2.05) is 54.6 Å². The zero-order valence-electron chi connectivity index (χ0n) is 14.9. The van der Waals surface area contributed by atoms with E-state index < -0.39 is 5.63 Å². The summed E-state index contributed by atoms with van der Waals surface area (Å²) in [5, 5.41) is 13.6. The molecular formula is C23H17NO4. The molecule has 0 fully saturated rings. The Balaban J connectivity index is 1.50. The zero-order chi connectivity index (χ0) is 19.3. The van der Waals surface area contributed by atoms with Crippen molar-refractivity contribution >= 4 is 16.7 Å². The second kappa shape index (κ2) is 7.80. The number of benzene rings is 3. The van der Waals surface area contributed by atoms with Crippen LogP contribution in [0.2, 0.25) is 0 Å². The summed E-state index contributed by atoms with van der Waals surface area (Å²) < 4.78 is 10.9. The molecule has 0 aliphatic heterocycles. The Labute approximate surface area is 161 Å². The minimum absolute atomic E-state index is 0.0732. The lowest BCUT2D eigenvalue weighted by atomic mass is 10.0. The maximum atomic E-state index is 11.4. The summed E-state index contributed by atoms with van der Waals surface area (Å²) in [5.41, 5.74) is 3.38. The molecular weight excluding hydrogens is 354 g/mol. The Morgan fingerprint density at radius 3 is 2.36 bits per heavy atom. The van der Waals surface area contributed by atoms with E-state index in [0.29, 0.717) is 17.0 Å². The smallest absolute Gasteiger partial charge is 0.336 e. The first-order valence-corrected chi connectivity index (χ1v) is 8.76. The largest absolute Gasteiger partial charge is 0.487 e. The predicted molar refractivity (Wildman–Crippen MR) is 108 cm³/mol. The molecule has 0 unspecified atom stereocenters. The van der Waals surface area contributed by atoms with Crippen LogP contribution in [0.25, 0.3) is 22.1 Å². The summed E-state index contributed by atoms with van der Waals surface area (Å²) in [5.74, 6) is 0.518. The van der Waals surface area contributed by atoms with E-state index >= 15 is 0 Å². The SMILES string of the molecule is O=c1ccc2ccc(OC/C(=N\O)c3ccc(-c4ccccc4)cc3)cc2o1. The van der Waals surface area contributed by atoms with Crippen molar-refractivity contribution in [2.24, 2.45) is 5.16 Å². The fraction of sp³-hybridized carbons (Fsp3) is 0.0435. The molecule has 0 saturated heterocycles. The highest BCUT2D eigenvalue weighted by Crippen LogP contribution is 2.21. The highest BCUT2D eigenvalue weighted by atomic mass is 16.5. The Morgan fingerprint density at radius 2 is 1.61 bits per heavy atom. The third kappa shape index (κ3) is 3.78. The van der Waals surface area contributed by atoms with E-state index in [0.717, 1.165) is 22.1 Å². The molecule has 28 heavy (non-hydrogen) atoms. The second-order valence-corrected chi connectivity index (χ2v) is 6.23. The van der Waals surface area contributed by atoms with Gasteiger partial charge in [0, 0.05) is 23.1 Å². The van der Waals surface area contributed by atoms with Gasteiger partial charge in [0.15, 0.2) is 0 Å². The molecule has 5 heteroatoms. The van der Waals surface area contributed by atoms with Gasteiger partial charge in [0.1, 0.15) is 23.7 Å². The number of nitrogens with zero attached hydrogens (tertiary/aromatic N) is 1.